The molecule has 1 atom stereocenters. The van der Waals surface area contributed by atoms with E-state index in [9.17, 15) is 0 Å². The molecule has 19 heavy (non-hydrogen) atoms. The highest BCUT2D eigenvalue weighted by Crippen LogP contribution is 2.36. The molecule has 1 aromatic rings. The maximum absolute atomic E-state index is 5.76. The molecule has 0 bridgehead atoms. The molecule has 1 aromatic carbocycles. The van der Waals surface area contributed by atoms with Gasteiger partial charge in [-0.25, -0.2) is 0 Å². The average Bonchev–Trinajstić information content (AvgIpc) is 2.94. The second-order valence-corrected chi connectivity index (χ2v) is 7.27. The number of benzene rings is 1. The van der Waals surface area contributed by atoms with E-state index in [0.717, 1.165) is 34.6 Å². The van der Waals surface area contributed by atoms with Crippen LogP contribution in [0.2, 0.25) is 0 Å². The molecule has 106 valence electrons. The smallest absolute Gasteiger partial charge is 0.0576 e. The zero-order chi connectivity index (χ0) is 13.7. The SMILES string of the molecule is BrCC(CBr)(CCC1CCCO1)c1cccc(Br)c1. The number of hydrogen-bond acceptors (Lipinski definition) is 1. The van der Waals surface area contributed by atoms with Crippen LogP contribution in [0.25, 0.3) is 0 Å². The van der Waals surface area contributed by atoms with Crippen molar-refractivity contribution in [3.63, 3.8) is 0 Å². The van der Waals surface area contributed by atoms with Crippen molar-refractivity contribution < 1.29 is 4.74 Å². The monoisotopic (exact) mass is 452 g/mol. The van der Waals surface area contributed by atoms with Crippen molar-refractivity contribution >= 4 is 47.8 Å². The summed E-state index contributed by atoms with van der Waals surface area (Å²) in [6.07, 6.45) is 5.19. The maximum atomic E-state index is 5.76. The Morgan fingerprint density at radius 2 is 2.05 bits per heavy atom. The Morgan fingerprint density at radius 1 is 1.26 bits per heavy atom. The van der Waals surface area contributed by atoms with Gasteiger partial charge in [0.15, 0.2) is 0 Å². The van der Waals surface area contributed by atoms with E-state index in [4.69, 9.17) is 4.74 Å². The quantitative estimate of drug-likeness (QED) is 0.520. The molecule has 1 fully saturated rings. The second kappa shape index (κ2) is 7.58. The van der Waals surface area contributed by atoms with Gasteiger partial charge in [-0.05, 0) is 43.4 Å². The highest BCUT2D eigenvalue weighted by atomic mass is 79.9. The first-order chi connectivity index (χ1) is 9.20. The highest BCUT2D eigenvalue weighted by molar-refractivity contribution is 9.10. The third-order valence-corrected chi connectivity index (χ3v) is 6.56. The van der Waals surface area contributed by atoms with Gasteiger partial charge in [0, 0.05) is 27.2 Å². The number of alkyl halides is 2. The molecule has 0 aliphatic carbocycles. The summed E-state index contributed by atoms with van der Waals surface area (Å²) in [5.74, 6) is 0. The molecule has 1 unspecified atom stereocenters. The van der Waals surface area contributed by atoms with E-state index < -0.39 is 0 Å². The molecule has 1 aliphatic heterocycles. The lowest BCUT2D eigenvalue weighted by atomic mass is 9.79. The van der Waals surface area contributed by atoms with Crippen LogP contribution < -0.4 is 0 Å². The molecule has 0 saturated carbocycles. The fourth-order valence-electron chi connectivity index (χ4n) is 2.60. The Balaban J connectivity index is 2.11. The molecule has 0 radical (unpaired) electrons. The fraction of sp³-hybridized carbons (Fsp3) is 0.600. The molecule has 1 aliphatic rings. The van der Waals surface area contributed by atoms with Crippen molar-refractivity contribution in [3.05, 3.63) is 34.3 Å². The van der Waals surface area contributed by atoms with Gasteiger partial charge >= 0.3 is 0 Å². The Hall–Kier alpha value is 0.620. The average molecular weight is 455 g/mol. The van der Waals surface area contributed by atoms with E-state index in [1.165, 1.54) is 18.4 Å². The Kier molecular flexibility index (Phi) is 6.38. The van der Waals surface area contributed by atoms with Gasteiger partial charge in [-0.2, -0.15) is 0 Å². The van der Waals surface area contributed by atoms with Crippen molar-refractivity contribution in [1.29, 1.82) is 0 Å². The number of rotatable bonds is 6. The van der Waals surface area contributed by atoms with Crippen molar-refractivity contribution in [3.8, 4) is 0 Å². The van der Waals surface area contributed by atoms with Crippen molar-refractivity contribution in [2.45, 2.75) is 37.2 Å². The summed E-state index contributed by atoms with van der Waals surface area (Å²) in [6, 6.07) is 8.66. The molecular formula is C15H19Br3O. The van der Waals surface area contributed by atoms with E-state index in [0.29, 0.717) is 6.10 Å². The summed E-state index contributed by atoms with van der Waals surface area (Å²) in [7, 11) is 0. The van der Waals surface area contributed by atoms with Crippen LogP contribution in [0, 0.1) is 0 Å². The Bertz CT molecular complexity index is 398. The van der Waals surface area contributed by atoms with E-state index in [1.54, 1.807) is 0 Å². The van der Waals surface area contributed by atoms with Crippen molar-refractivity contribution in [1.82, 2.24) is 0 Å². The van der Waals surface area contributed by atoms with Gasteiger partial charge in [-0.1, -0.05) is 59.9 Å². The number of hydrogen-bond donors (Lipinski definition) is 0. The Labute approximate surface area is 140 Å². The van der Waals surface area contributed by atoms with E-state index in [2.05, 4.69) is 72.1 Å². The van der Waals surface area contributed by atoms with Crippen LogP contribution in [0.5, 0.6) is 0 Å². The van der Waals surface area contributed by atoms with Crippen LogP contribution in [-0.2, 0) is 10.2 Å². The topological polar surface area (TPSA) is 9.23 Å². The van der Waals surface area contributed by atoms with Crippen LogP contribution in [-0.4, -0.2) is 23.4 Å². The van der Waals surface area contributed by atoms with E-state index in [-0.39, 0.29) is 5.41 Å². The largest absolute Gasteiger partial charge is 0.378 e. The van der Waals surface area contributed by atoms with E-state index >= 15 is 0 Å². The lowest BCUT2D eigenvalue weighted by Gasteiger charge is -2.32. The van der Waals surface area contributed by atoms with Gasteiger partial charge in [-0.3, -0.25) is 0 Å². The normalized spacial score (nSPS) is 19.8. The minimum Gasteiger partial charge on any atom is -0.378 e. The molecule has 1 saturated heterocycles. The molecule has 0 N–H and O–H groups in total. The summed E-state index contributed by atoms with van der Waals surface area (Å²) in [4.78, 5) is 0. The fourth-order valence-corrected chi connectivity index (χ4v) is 5.13. The first-order valence-corrected chi connectivity index (χ1v) is 9.73. The van der Waals surface area contributed by atoms with Crippen LogP contribution in [0.15, 0.2) is 28.7 Å². The molecule has 0 amide bonds. The minimum atomic E-state index is 0.149. The lowest BCUT2D eigenvalue weighted by molar-refractivity contribution is 0.0979. The predicted molar refractivity (Wildman–Crippen MR) is 91.6 cm³/mol. The van der Waals surface area contributed by atoms with Crippen LogP contribution >= 0.6 is 47.8 Å². The van der Waals surface area contributed by atoms with Crippen LogP contribution in [0.1, 0.15) is 31.2 Å². The summed E-state index contributed by atoms with van der Waals surface area (Å²) in [5.41, 5.74) is 1.53. The van der Waals surface area contributed by atoms with Gasteiger partial charge in [0.25, 0.3) is 0 Å². The van der Waals surface area contributed by atoms with Crippen LogP contribution in [0.4, 0.5) is 0 Å². The molecule has 0 aromatic heterocycles. The van der Waals surface area contributed by atoms with Gasteiger partial charge < -0.3 is 4.74 Å². The van der Waals surface area contributed by atoms with Gasteiger partial charge in [-0.15, -0.1) is 0 Å². The minimum absolute atomic E-state index is 0.149. The molecular weight excluding hydrogens is 436 g/mol. The standard InChI is InChI=1S/C15H19Br3O/c16-10-15(11-17,7-6-14-5-2-8-19-14)12-3-1-4-13(18)9-12/h1,3-4,9,14H,2,5-8,10-11H2. The summed E-state index contributed by atoms with van der Waals surface area (Å²) in [5, 5.41) is 1.93. The van der Waals surface area contributed by atoms with E-state index in [1.807, 2.05) is 0 Å². The van der Waals surface area contributed by atoms with Crippen LogP contribution in [0.3, 0.4) is 0 Å². The third-order valence-electron chi connectivity index (χ3n) is 3.92. The maximum Gasteiger partial charge on any atom is 0.0576 e. The number of halogens is 3. The summed E-state index contributed by atoms with van der Waals surface area (Å²) in [6.45, 7) is 0.942. The molecule has 1 nitrogen and oxygen atoms in total. The number of ether oxygens (including phenoxy) is 1. The zero-order valence-electron chi connectivity index (χ0n) is 10.9. The predicted octanol–water partition coefficient (Wildman–Crippen LogP) is 5.44. The molecule has 1 heterocycles. The summed E-state index contributed by atoms with van der Waals surface area (Å²) >= 11 is 11.0. The van der Waals surface area contributed by atoms with Gasteiger partial charge in [0.2, 0.25) is 0 Å². The van der Waals surface area contributed by atoms with Gasteiger partial charge in [0.1, 0.15) is 0 Å². The van der Waals surface area contributed by atoms with Crippen molar-refractivity contribution in [2.75, 3.05) is 17.3 Å². The second-order valence-electron chi connectivity index (χ2n) is 5.23. The lowest BCUT2D eigenvalue weighted by Crippen LogP contribution is -2.31. The Morgan fingerprint density at radius 3 is 2.63 bits per heavy atom. The summed E-state index contributed by atoms with van der Waals surface area (Å²) < 4.78 is 6.90. The van der Waals surface area contributed by atoms with Gasteiger partial charge in [0.05, 0.1) is 6.10 Å². The zero-order valence-corrected chi connectivity index (χ0v) is 15.6. The highest BCUT2D eigenvalue weighted by Gasteiger charge is 2.31. The first kappa shape index (κ1) is 16.0. The molecule has 2 rings (SSSR count). The molecule has 4 heteroatoms. The molecule has 0 spiro atoms. The third kappa shape index (κ3) is 4.05. The van der Waals surface area contributed by atoms with Crippen molar-refractivity contribution in [2.24, 2.45) is 0 Å². The first-order valence-electron chi connectivity index (χ1n) is 6.70.